The van der Waals surface area contributed by atoms with Gasteiger partial charge in [-0.25, -0.2) is 4.39 Å². The summed E-state index contributed by atoms with van der Waals surface area (Å²) in [5.41, 5.74) is 2.16. The second-order valence-corrected chi connectivity index (χ2v) is 8.62. The molecule has 3 aromatic carbocycles. The number of benzene rings is 3. The highest BCUT2D eigenvalue weighted by atomic mass is 79.9. The molecule has 35 heavy (non-hydrogen) atoms. The van der Waals surface area contributed by atoms with Crippen LogP contribution in [0.1, 0.15) is 27.0 Å². The van der Waals surface area contributed by atoms with Gasteiger partial charge in [0.1, 0.15) is 18.2 Å². The molecule has 1 amide bonds. The van der Waals surface area contributed by atoms with Crippen molar-refractivity contribution in [2.45, 2.75) is 20.1 Å². The number of halogens is 2. The Morgan fingerprint density at radius 2 is 1.97 bits per heavy atom. The van der Waals surface area contributed by atoms with E-state index >= 15 is 0 Å². The SMILES string of the molecule is Cc1cc(OCc2cccc(C(=O)Nc3nn(Cc4ccccc4F)cc3Br)c2)ccc1[N+](=O)[O-]. The van der Waals surface area contributed by atoms with Gasteiger partial charge in [0.05, 0.1) is 15.9 Å². The molecule has 0 unspecified atom stereocenters. The number of nitro benzene ring substituents is 1. The molecule has 8 nitrogen and oxygen atoms in total. The second kappa shape index (κ2) is 10.5. The summed E-state index contributed by atoms with van der Waals surface area (Å²) in [6.07, 6.45) is 1.67. The average molecular weight is 539 g/mol. The summed E-state index contributed by atoms with van der Waals surface area (Å²) < 4.78 is 21.8. The summed E-state index contributed by atoms with van der Waals surface area (Å²) >= 11 is 3.38. The monoisotopic (exact) mass is 538 g/mol. The smallest absolute Gasteiger partial charge is 0.272 e. The van der Waals surface area contributed by atoms with Gasteiger partial charge in [0.25, 0.3) is 11.6 Å². The molecule has 0 bridgehead atoms. The van der Waals surface area contributed by atoms with Crippen molar-refractivity contribution in [1.29, 1.82) is 0 Å². The number of nitrogens with one attached hydrogen (secondary N) is 1. The van der Waals surface area contributed by atoms with Crippen molar-refractivity contribution in [3.8, 4) is 5.75 Å². The van der Waals surface area contributed by atoms with Crippen molar-refractivity contribution in [3.63, 3.8) is 0 Å². The van der Waals surface area contributed by atoms with E-state index in [0.29, 0.717) is 32.7 Å². The van der Waals surface area contributed by atoms with Crippen molar-refractivity contribution in [2.24, 2.45) is 0 Å². The number of hydrogen-bond acceptors (Lipinski definition) is 5. The molecule has 1 heterocycles. The lowest BCUT2D eigenvalue weighted by Crippen LogP contribution is -2.13. The molecule has 178 valence electrons. The fourth-order valence-electron chi connectivity index (χ4n) is 3.44. The lowest BCUT2D eigenvalue weighted by molar-refractivity contribution is -0.385. The maximum absolute atomic E-state index is 13.9. The number of carbonyl (C=O) groups is 1. The number of rotatable bonds is 8. The number of hydrogen-bond donors (Lipinski definition) is 1. The highest BCUT2D eigenvalue weighted by Gasteiger charge is 2.14. The number of ether oxygens (including phenoxy) is 1. The first kappa shape index (κ1) is 24.1. The summed E-state index contributed by atoms with van der Waals surface area (Å²) in [6.45, 7) is 2.04. The highest BCUT2D eigenvalue weighted by molar-refractivity contribution is 9.10. The number of anilines is 1. The van der Waals surface area contributed by atoms with E-state index in [2.05, 4.69) is 26.3 Å². The molecule has 0 aliphatic rings. The normalized spacial score (nSPS) is 10.7. The molecule has 1 aromatic heterocycles. The molecule has 0 atom stereocenters. The van der Waals surface area contributed by atoms with Crippen LogP contribution in [0.2, 0.25) is 0 Å². The molecule has 0 saturated heterocycles. The maximum atomic E-state index is 13.9. The topological polar surface area (TPSA) is 99.3 Å². The van der Waals surface area contributed by atoms with Crippen LogP contribution in [0.4, 0.5) is 15.9 Å². The average Bonchev–Trinajstić information content (AvgIpc) is 3.17. The minimum absolute atomic E-state index is 0.0264. The van der Waals surface area contributed by atoms with Crippen molar-refractivity contribution < 1.29 is 18.8 Å². The first-order valence-corrected chi connectivity index (χ1v) is 11.3. The number of aryl methyl sites for hydroxylation is 1. The van der Waals surface area contributed by atoms with Gasteiger partial charge in [-0.2, -0.15) is 5.10 Å². The van der Waals surface area contributed by atoms with Crippen LogP contribution in [-0.4, -0.2) is 20.6 Å². The minimum atomic E-state index is -0.442. The Morgan fingerprint density at radius 3 is 2.71 bits per heavy atom. The van der Waals surface area contributed by atoms with Crippen LogP contribution in [0.5, 0.6) is 5.75 Å². The summed E-state index contributed by atoms with van der Waals surface area (Å²) in [5.74, 6) is 0.115. The van der Waals surface area contributed by atoms with Gasteiger partial charge in [-0.1, -0.05) is 30.3 Å². The van der Waals surface area contributed by atoms with Crippen LogP contribution in [-0.2, 0) is 13.2 Å². The molecule has 0 saturated carbocycles. The summed E-state index contributed by atoms with van der Waals surface area (Å²) in [7, 11) is 0. The Balaban J connectivity index is 1.41. The number of aromatic nitrogens is 2. The van der Waals surface area contributed by atoms with E-state index in [1.165, 1.54) is 22.9 Å². The largest absolute Gasteiger partial charge is 0.489 e. The Kier molecular flexibility index (Phi) is 7.21. The number of nitrogens with zero attached hydrogens (tertiary/aromatic N) is 3. The fourth-order valence-corrected chi connectivity index (χ4v) is 3.85. The van der Waals surface area contributed by atoms with Crippen LogP contribution in [0.15, 0.2) is 77.4 Å². The van der Waals surface area contributed by atoms with E-state index in [1.807, 2.05) is 6.07 Å². The molecule has 1 N–H and O–H groups in total. The molecular formula is C25H20BrFN4O4. The molecule has 0 radical (unpaired) electrons. The standard InChI is InChI=1S/C25H20BrFN4O4/c1-16-11-20(9-10-23(16)31(33)34)35-15-17-5-4-7-18(12-17)25(32)28-24-21(26)14-30(29-24)13-19-6-2-3-8-22(19)27/h2-12,14H,13,15H2,1H3,(H,28,29,32). The first-order chi connectivity index (χ1) is 16.8. The second-order valence-electron chi connectivity index (χ2n) is 7.76. The van der Waals surface area contributed by atoms with E-state index in [0.717, 1.165) is 5.56 Å². The Hall–Kier alpha value is -4.05. The predicted molar refractivity (Wildman–Crippen MR) is 132 cm³/mol. The lowest BCUT2D eigenvalue weighted by atomic mass is 10.1. The van der Waals surface area contributed by atoms with Crippen LogP contribution < -0.4 is 10.1 Å². The molecule has 4 rings (SSSR count). The summed E-state index contributed by atoms with van der Waals surface area (Å²) in [5, 5.41) is 18.1. The Labute approximate surface area is 208 Å². The van der Waals surface area contributed by atoms with Crippen LogP contribution >= 0.6 is 15.9 Å². The van der Waals surface area contributed by atoms with Crippen LogP contribution in [0.25, 0.3) is 0 Å². The predicted octanol–water partition coefficient (Wildman–Crippen LogP) is 5.88. The van der Waals surface area contributed by atoms with Crippen molar-refractivity contribution >= 4 is 33.3 Å². The third-order valence-corrected chi connectivity index (χ3v) is 5.78. The van der Waals surface area contributed by atoms with Gasteiger partial charge in [0.2, 0.25) is 0 Å². The minimum Gasteiger partial charge on any atom is -0.489 e. The number of amides is 1. The first-order valence-electron chi connectivity index (χ1n) is 10.5. The zero-order valence-electron chi connectivity index (χ0n) is 18.6. The molecule has 0 aliphatic carbocycles. The molecule has 0 aliphatic heterocycles. The zero-order chi connectivity index (χ0) is 24.9. The van der Waals surface area contributed by atoms with Gasteiger partial charge in [-0.3, -0.25) is 19.6 Å². The molecule has 0 spiro atoms. The van der Waals surface area contributed by atoms with Gasteiger partial charge in [0.15, 0.2) is 5.82 Å². The highest BCUT2D eigenvalue weighted by Crippen LogP contribution is 2.24. The Morgan fingerprint density at radius 1 is 1.17 bits per heavy atom. The quantitative estimate of drug-likeness (QED) is 0.223. The Bertz CT molecular complexity index is 1410. The number of nitro groups is 1. The fraction of sp³-hybridized carbons (Fsp3) is 0.120. The van der Waals surface area contributed by atoms with Crippen molar-refractivity contribution in [1.82, 2.24) is 9.78 Å². The molecule has 10 heteroatoms. The van der Waals surface area contributed by atoms with Crippen LogP contribution in [0, 0.1) is 22.9 Å². The van der Waals surface area contributed by atoms with E-state index in [-0.39, 0.29) is 30.6 Å². The third kappa shape index (κ3) is 5.90. The number of carbonyl (C=O) groups excluding carboxylic acids is 1. The molecular weight excluding hydrogens is 519 g/mol. The zero-order valence-corrected chi connectivity index (χ0v) is 20.2. The summed E-state index contributed by atoms with van der Waals surface area (Å²) in [6, 6.07) is 17.9. The van der Waals surface area contributed by atoms with Gasteiger partial charge in [-0.15, -0.1) is 0 Å². The van der Waals surface area contributed by atoms with Gasteiger partial charge < -0.3 is 10.1 Å². The van der Waals surface area contributed by atoms with E-state index in [4.69, 9.17) is 4.74 Å². The van der Waals surface area contributed by atoms with Crippen molar-refractivity contribution in [3.05, 3.63) is 116 Å². The van der Waals surface area contributed by atoms with Gasteiger partial charge in [0, 0.05) is 29.0 Å². The molecule has 0 fully saturated rings. The molecule has 4 aromatic rings. The van der Waals surface area contributed by atoms with Crippen molar-refractivity contribution in [2.75, 3.05) is 5.32 Å². The van der Waals surface area contributed by atoms with Gasteiger partial charge in [-0.05, 0) is 58.7 Å². The van der Waals surface area contributed by atoms with Gasteiger partial charge >= 0.3 is 0 Å². The lowest BCUT2D eigenvalue weighted by Gasteiger charge is -2.09. The maximum Gasteiger partial charge on any atom is 0.272 e. The third-order valence-electron chi connectivity index (χ3n) is 5.20. The van der Waals surface area contributed by atoms with E-state index < -0.39 is 4.92 Å². The summed E-state index contributed by atoms with van der Waals surface area (Å²) in [4.78, 5) is 23.3. The van der Waals surface area contributed by atoms with Crippen LogP contribution in [0.3, 0.4) is 0 Å². The van der Waals surface area contributed by atoms with E-state index in [9.17, 15) is 19.3 Å². The van der Waals surface area contributed by atoms with E-state index in [1.54, 1.807) is 55.6 Å².